The number of hydrogen-bond acceptors (Lipinski definition) is 4. The van der Waals surface area contributed by atoms with Crippen LogP contribution in [0, 0.1) is 6.92 Å². The first kappa shape index (κ1) is 17.9. The summed E-state index contributed by atoms with van der Waals surface area (Å²) >= 11 is 0. The molecule has 0 spiro atoms. The highest BCUT2D eigenvalue weighted by Crippen LogP contribution is 2.33. The van der Waals surface area contributed by atoms with Crippen LogP contribution in [0.1, 0.15) is 36.3 Å². The number of anilines is 3. The van der Waals surface area contributed by atoms with E-state index in [1.54, 1.807) is 31.2 Å². The monoisotopic (exact) mass is 377 g/mol. The maximum absolute atomic E-state index is 12.8. The minimum absolute atomic E-state index is 0.0801. The lowest BCUT2D eigenvalue weighted by Crippen LogP contribution is -2.31. The second-order valence-corrected chi connectivity index (χ2v) is 7.01. The average Bonchev–Trinajstić information content (AvgIpc) is 2.99. The number of imide groups is 1. The second-order valence-electron chi connectivity index (χ2n) is 7.01. The fourth-order valence-electron chi connectivity index (χ4n) is 3.70. The van der Waals surface area contributed by atoms with E-state index in [4.69, 9.17) is 0 Å². The molecule has 2 aliphatic heterocycles. The van der Waals surface area contributed by atoms with E-state index in [1.807, 2.05) is 18.2 Å². The van der Waals surface area contributed by atoms with E-state index in [0.29, 0.717) is 22.6 Å². The lowest BCUT2D eigenvalue weighted by molar-refractivity contribution is -0.123. The SMILES string of the molecule is Cc1cc(NC(=O)C2CC(=O)Nc3ccccc32)ccc1N1C(=O)CCC1=O. The molecule has 7 heteroatoms. The number of amides is 4. The number of benzene rings is 2. The van der Waals surface area contributed by atoms with Crippen molar-refractivity contribution in [3.8, 4) is 0 Å². The number of fused-ring (bicyclic) bond motifs is 1. The fraction of sp³-hybridized carbons (Fsp3) is 0.238. The Kier molecular flexibility index (Phi) is 4.43. The largest absolute Gasteiger partial charge is 0.326 e. The standard InChI is InChI=1S/C21H19N3O4/c1-12-10-13(6-7-17(12)24-19(26)8-9-20(24)27)22-21(28)15-11-18(25)23-16-5-3-2-4-14(15)16/h2-7,10,15H,8-9,11H2,1H3,(H,22,28)(H,23,25). The molecule has 2 heterocycles. The molecule has 0 aromatic heterocycles. The van der Waals surface area contributed by atoms with Crippen LogP contribution in [0.5, 0.6) is 0 Å². The van der Waals surface area contributed by atoms with E-state index < -0.39 is 5.92 Å². The lowest BCUT2D eigenvalue weighted by atomic mass is 9.89. The Labute approximate surface area is 161 Å². The highest BCUT2D eigenvalue weighted by molar-refractivity contribution is 6.20. The molecule has 0 bridgehead atoms. The van der Waals surface area contributed by atoms with Gasteiger partial charge in [0.15, 0.2) is 0 Å². The van der Waals surface area contributed by atoms with Crippen molar-refractivity contribution in [1.29, 1.82) is 0 Å². The molecule has 1 unspecified atom stereocenters. The summed E-state index contributed by atoms with van der Waals surface area (Å²) in [4.78, 5) is 49.9. The normalized spacial score (nSPS) is 18.7. The summed E-state index contributed by atoms with van der Waals surface area (Å²) in [5.74, 6) is -1.48. The Balaban J connectivity index is 1.56. The number of carbonyl (C=O) groups is 4. The summed E-state index contributed by atoms with van der Waals surface area (Å²) < 4.78 is 0. The van der Waals surface area contributed by atoms with E-state index in [0.717, 1.165) is 5.56 Å². The van der Waals surface area contributed by atoms with Gasteiger partial charge in [-0.25, -0.2) is 0 Å². The summed E-state index contributed by atoms with van der Waals surface area (Å²) in [6, 6.07) is 12.3. The van der Waals surface area contributed by atoms with Crippen LogP contribution in [0.25, 0.3) is 0 Å². The van der Waals surface area contributed by atoms with Crippen molar-refractivity contribution in [1.82, 2.24) is 0 Å². The number of hydrogen-bond donors (Lipinski definition) is 2. The Morgan fingerprint density at radius 2 is 1.79 bits per heavy atom. The van der Waals surface area contributed by atoms with Crippen molar-refractivity contribution in [3.63, 3.8) is 0 Å². The van der Waals surface area contributed by atoms with E-state index >= 15 is 0 Å². The van der Waals surface area contributed by atoms with Gasteiger partial charge >= 0.3 is 0 Å². The van der Waals surface area contributed by atoms with Crippen LogP contribution in [0.3, 0.4) is 0 Å². The highest BCUT2D eigenvalue weighted by Gasteiger charge is 2.32. The Bertz CT molecular complexity index is 998. The van der Waals surface area contributed by atoms with Gasteiger partial charge in [-0.1, -0.05) is 18.2 Å². The van der Waals surface area contributed by atoms with Crippen LogP contribution in [-0.4, -0.2) is 23.6 Å². The molecule has 1 atom stereocenters. The summed E-state index contributed by atoms with van der Waals surface area (Å²) in [5.41, 5.74) is 3.22. The maximum atomic E-state index is 12.8. The number of rotatable bonds is 3. The molecule has 0 radical (unpaired) electrons. The molecule has 2 N–H and O–H groups in total. The molecule has 0 aliphatic carbocycles. The van der Waals surface area contributed by atoms with Gasteiger partial charge in [-0.2, -0.15) is 0 Å². The van der Waals surface area contributed by atoms with Crippen LogP contribution >= 0.6 is 0 Å². The molecule has 7 nitrogen and oxygen atoms in total. The number of carbonyl (C=O) groups excluding carboxylic acids is 4. The number of nitrogens with one attached hydrogen (secondary N) is 2. The first-order valence-corrected chi connectivity index (χ1v) is 9.10. The van der Waals surface area contributed by atoms with Gasteiger partial charge in [0, 0.05) is 30.6 Å². The zero-order chi connectivity index (χ0) is 19.8. The molecule has 142 valence electrons. The van der Waals surface area contributed by atoms with Gasteiger partial charge < -0.3 is 10.6 Å². The van der Waals surface area contributed by atoms with Gasteiger partial charge in [-0.3, -0.25) is 24.1 Å². The topological polar surface area (TPSA) is 95.6 Å². The van der Waals surface area contributed by atoms with Crippen LogP contribution < -0.4 is 15.5 Å². The van der Waals surface area contributed by atoms with Crippen molar-refractivity contribution in [2.24, 2.45) is 0 Å². The van der Waals surface area contributed by atoms with Crippen LogP contribution in [0.15, 0.2) is 42.5 Å². The fourth-order valence-corrected chi connectivity index (χ4v) is 3.70. The van der Waals surface area contributed by atoms with E-state index in [-0.39, 0.29) is 42.9 Å². The summed E-state index contributed by atoms with van der Waals surface area (Å²) in [5, 5.41) is 5.62. The molecule has 4 amide bonds. The molecule has 1 saturated heterocycles. The Morgan fingerprint density at radius 1 is 1.07 bits per heavy atom. The minimum atomic E-state index is -0.577. The minimum Gasteiger partial charge on any atom is -0.326 e. The van der Waals surface area contributed by atoms with E-state index in [9.17, 15) is 19.2 Å². The van der Waals surface area contributed by atoms with Crippen LogP contribution in [0.4, 0.5) is 17.1 Å². The summed E-state index contributed by atoms with van der Waals surface area (Å²) in [7, 11) is 0. The number of aryl methyl sites for hydroxylation is 1. The Hall–Kier alpha value is -3.48. The molecule has 1 fully saturated rings. The van der Waals surface area contributed by atoms with Crippen LogP contribution in [0.2, 0.25) is 0 Å². The highest BCUT2D eigenvalue weighted by atomic mass is 16.2. The van der Waals surface area contributed by atoms with Gasteiger partial charge in [0.2, 0.25) is 23.6 Å². The summed E-state index contributed by atoms with van der Waals surface area (Å²) in [6.07, 6.45) is 0.524. The molecule has 4 rings (SSSR count). The molecule has 2 aromatic carbocycles. The predicted octanol–water partition coefficient (Wildman–Crippen LogP) is 2.71. The Morgan fingerprint density at radius 3 is 2.50 bits per heavy atom. The van der Waals surface area contributed by atoms with Gasteiger partial charge in [0.25, 0.3) is 0 Å². The zero-order valence-electron chi connectivity index (χ0n) is 15.3. The molecule has 28 heavy (non-hydrogen) atoms. The number of para-hydroxylation sites is 1. The van der Waals surface area contributed by atoms with Crippen molar-refractivity contribution < 1.29 is 19.2 Å². The predicted molar refractivity (Wildman–Crippen MR) is 104 cm³/mol. The van der Waals surface area contributed by atoms with E-state index in [1.165, 1.54) is 4.90 Å². The molecule has 2 aromatic rings. The van der Waals surface area contributed by atoms with Crippen molar-refractivity contribution >= 4 is 40.7 Å². The van der Waals surface area contributed by atoms with Gasteiger partial charge in [0.05, 0.1) is 11.6 Å². The smallest absolute Gasteiger partial charge is 0.234 e. The first-order chi connectivity index (χ1) is 13.4. The van der Waals surface area contributed by atoms with Gasteiger partial charge in [-0.05, 0) is 42.3 Å². The van der Waals surface area contributed by atoms with E-state index in [2.05, 4.69) is 10.6 Å². The third-order valence-corrected chi connectivity index (χ3v) is 5.07. The molecular formula is C21H19N3O4. The first-order valence-electron chi connectivity index (χ1n) is 9.10. The van der Waals surface area contributed by atoms with Crippen molar-refractivity contribution in [2.45, 2.75) is 32.1 Å². The van der Waals surface area contributed by atoms with Crippen molar-refractivity contribution in [2.75, 3.05) is 15.5 Å². The number of nitrogens with zero attached hydrogens (tertiary/aromatic N) is 1. The zero-order valence-corrected chi connectivity index (χ0v) is 15.3. The second kappa shape index (κ2) is 6.92. The molecule has 2 aliphatic rings. The van der Waals surface area contributed by atoms with Crippen molar-refractivity contribution in [3.05, 3.63) is 53.6 Å². The average molecular weight is 377 g/mol. The lowest BCUT2D eigenvalue weighted by Gasteiger charge is -2.25. The molecular weight excluding hydrogens is 358 g/mol. The molecule has 0 saturated carbocycles. The van der Waals surface area contributed by atoms with Gasteiger partial charge in [0.1, 0.15) is 0 Å². The summed E-state index contributed by atoms with van der Waals surface area (Å²) in [6.45, 7) is 1.78. The quantitative estimate of drug-likeness (QED) is 0.804. The third kappa shape index (κ3) is 3.15. The third-order valence-electron chi connectivity index (χ3n) is 5.07. The maximum Gasteiger partial charge on any atom is 0.234 e. The van der Waals surface area contributed by atoms with Crippen LogP contribution in [-0.2, 0) is 19.2 Å². The van der Waals surface area contributed by atoms with Gasteiger partial charge in [-0.15, -0.1) is 0 Å².